The highest BCUT2D eigenvalue weighted by Crippen LogP contribution is 2.37. The molecule has 1 aromatic carbocycles. The van der Waals surface area contributed by atoms with Gasteiger partial charge in [0.05, 0.1) is 7.11 Å². The first-order valence-corrected chi connectivity index (χ1v) is 6.01. The Morgan fingerprint density at radius 1 is 1.40 bits per heavy atom. The molecule has 0 atom stereocenters. The number of hydrogen-bond donors (Lipinski definition) is 1. The van der Waals surface area contributed by atoms with Crippen molar-refractivity contribution in [1.82, 2.24) is 5.16 Å². The van der Waals surface area contributed by atoms with Crippen LogP contribution >= 0.6 is 0 Å². The molecule has 0 amide bonds. The van der Waals surface area contributed by atoms with Crippen LogP contribution < -0.4 is 4.74 Å². The van der Waals surface area contributed by atoms with E-state index in [4.69, 9.17) is 14.4 Å². The number of carbonyl (C=O) groups is 1. The highest BCUT2D eigenvalue weighted by Gasteiger charge is 2.20. The van der Waals surface area contributed by atoms with Crippen LogP contribution in [-0.4, -0.2) is 23.3 Å². The largest absolute Gasteiger partial charge is 0.496 e. The third-order valence-electron chi connectivity index (χ3n) is 2.90. The molecule has 1 N–H and O–H groups in total. The van der Waals surface area contributed by atoms with E-state index in [0.717, 1.165) is 5.56 Å². The van der Waals surface area contributed by atoms with Gasteiger partial charge in [-0.05, 0) is 12.0 Å². The summed E-state index contributed by atoms with van der Waals surface area (Å²) in [4.78, 5) is 10.8. The van der Waals surface area contributed by atoms with Crippen LogP contribution in [0.1, 0.15) is 35.8 Å². The van der Waals surface area contributed by atoms with Crippen molar-refractivity contribution >= 4 is 5.97 Å². The number of methoxy groups -OCH3 is 1. The van der Waals surface area contributed by atoms with Crippen LogP contribution in [0.5, 0.6) is 5.75 Å². The van der Waals surface area contributed by atoms with Gasteiger partial charge in [0.15, 0.2) is 11.5 Å². The monoisotopic (exact) mass is 279 g/mol. The normalized spacial score (nSPS) is 10.8. The lowest BCUT2D eigenvalue weighted by Gasteiger charge is -2.15. The zero-order chi connectivity index (χ0) is 14.9. The number of nitrogens with zero attached hydrogens (tertiary/aromatic N) is 1. The Balaban J connectivity index is 2.64. The van der Waals surface area contributed by atoms with Gasteiger partial charge in [0.1, 0.15) is 11.6 Å². The van der Waals surface area contributed by atoms with Crippen LogP contribution in [0.25, 0.3) is 11.3 Å². The lowest BCUT2D eigenvalue weighted by atomic mass is 9.94. The summed E-state index contributed by atoms with van der Waals surface area (Å²) in [6.07, 6.45) is 0. The molecular weight excluding hydrogens is 265 g/mol. The van der Waals surface area contributed by atoms with Gasteiger partial charge in [-0.2, -0.15) is 0 Å². The van der Waals surface area contributed by atoms with Crippen LogP contribution in [0.4, 0.5) is 4.39 Å². The summed E-state index contributed by atoms with van der Waals surface area (Å²) >= 11 is 0. The third-order valence-corrected chi connectivity index (χ3v) is 2.90. The summed E-state index contributed by atoms with van der Waals surface area (Å²) in [5, 5.41) is 12.3. The van der Waals surface area contributed by atoms with Gasteiger partial charge in [-0.25, -0.2) is 9.18 Å². The second kappa shape index (κ2) is 5.32. The van der Waals surface area contributed by atoms with Crippen molar-refractivity contribution in [2.24, 2.45) is 0 Å². The Bertz CT molecular complexity index is 649. The molecule has 2 aromatic rings. The fraction of sp³-hybridized carbons (Fsp3) is 0.286. The van der Waals surface area contributed by atoms with Gasteiger partial charge >= 0.3 is 5.97 Å². The number of aromatic carboxylic acids is 1. The first kappa shape index (κ1) is 14.0. The van der Waals surface area contributed by atoms with Gasteiger partial charge in [-0.1, -0.05) is 19.0 Å². The molecule has 0 saturated carbocycles. The van der Waals surface area contributed by atoms with Crippen molar-refractivity contribution < 1.29 is 23.6 Å². The molecule has 106 valence electrons. The predicted molar refractivity (Wildman–Crippen MR) is 69.5 cm³/mol. The number of carboxylic acids is 1. The van der Waals surface area contributed by atoms with E-state index >= 15 is 0 Å². The minimum absolute atomic E-state index is 0.0407. The van der Waals surface area contributed by atoms with Crippen molar-refractivity contribution in [2.45, 2.75) is 19.8 Å². The Kier molecular flexibility index (Phi) is 3.74. The lowest BCUT2D eigenvalue weighted by molar-refractivity contribution is 0.0686. The molecule has 0 fully saturated rings. The molecule has 0 spiro atoms. The molecule has 0 radical (unpaired) electrons. The third kappa shape index (κ3) is 2.49. The summed E-state index contributed by atoms with van der Waals surface area (Å²) in [5.74, 6) is -1.06. The second-order valence-electron chi connectivity index (χ2n) is 4.61. The molecule has 5 nitrogen and oxygen atoms in total. The number of halogens is 1. The van der Waals surface area contributed by atoms with Crippen molar-refractivity contribution in [3.8, 4) is 17.1 Å². The van der Waals surface area contributed by atoms with Crippen LogP contribution in [0.3, 0.4) is 0 Å². The average Bonchev–Trinajstić information content (AvgIpc) is 2.86. The topological polar surface area (TPSA) is 72.6 Å². The Morgan fingerprint density at radius 3 is 2.60 bits per heavy atom. The summed E-state index contributed by atoms with van der Waals surface area (Å²) in [7, 11) is 1.45. The average molecular weight is 279 g/mol. The maximum atomic E-state index is 13.7. The quantitative estimate of drug-likeness (QED) is 0.929. The van der Waals surface area contributed by atoms with Crippen LogP contribution in [0.2, 0.25) is 0 Å². The number of carboxylic acid groups (broad SMARTS) is 1. The fourth-order valence-corrected chi connectivity index (χ4v) is 2.06. The maximum Gasteiger partial charge on any atom is 0.358 e. The molecular formula is C14H14FNO4. The predicted octanol–water partition coefficient (Wildman–Crippen LogP) is 3.31. The van der Waals surface area contributed by atoms with Crippen LogP contribution in [0, 0.1) is 5.82 Å². The highest BCUT2D eigenvalue weighted by molar-refractivity contribution is 5.86. The molecule has 0 aliphatic heterocycles. The van der Waals surface area contributed by atoms with E-state index in [1.165, 1.54) is 25.3 Å². The minimum atomic E-state index is -1.20. The molecule has 0 saturated heterocycles. The van der Waals surface area contributed by atoms with Gasteiger partial charge in [-0.3, -0.25) is 0 Å². The Morgan fingerprint density at radius 2 is 2.10 bits per heavy atom. The van der Waals surface area contributed by atoms with E-state index in [1.807, 2.05) is 13.8 Å². The molecule has 6 heteroatoms. The SMILES string of the molecule is COc1cc(F)cc(-c2cc(C(=O)O)no2)c1C(C)C. The van der Waals surface area contributed by atoms with Gasteiger partial charge < -0.3 is 14.4 Å². The molecule has 1 heterocycles. The van der Waals surface area contributed by atoms with Crippen molar-refractivity contribution in [3.05, 3.63) is 35.3 Å². The van der Waals surface area contributed by atoms with E-state index in [9.17, 15) is 9.18 Å². The zero-order valence-electron chi connectivity index (χ0n) is 11.3. The number of hydrogen-bond acceptors (Lipinski definition) is 4. The first-order valence-electron chi connectivity index (χ1n) is 6.01. The van der Waals surface area contributed by atoms with E-state index in [2.05, 4.69) is 5.16 Å². The van der Waals surface area contributed by atoms with E-state index in [1.54, 1.807) is 0 Å². The standard InChI is InChI=1S/C14H14FNO4/c1-7(2)13-9(4-8(15)5-12(13)19-3)11-6-10(14(17)18)16-20-11/h4-7H,1-3H3,(H,17,18). The van der Waals surface area contributed by atoms with Gasteiger partial charge in [-0.15, -0.1) is 0 Å². The van der Waals surface area contributed by atoms with Crippen LogP contribution in [-0.2, 0) is 0 Å². The van der Waals surface area contributed by atoms with Gasteiger partial charge in [0, 0.05) is 23.3 Å². The molecule has 0 bridgehead atoms. The molecule has 2 rings (SSSR count). The van der Waals surface area contributed by atoms with Crippen molar-refractivity contribution in [3.63, 3.8) is 0 Å². The molecule has 20 heavy (non-hydrogen) atoms. The highest BCUT2D eigenvalue weighted by atomic mass is 19.1. The summed E-state index contributed by atoms with van der Waals surface area (Å²) in [5.41, 5.74) is 0.955. The molecule has 1 aromatic heterocycles. The molecule has 0 aliphatic carbocycles. The van der Waals surface area contributed by atoms with E-state index < -0.39 is 11.8 Å². The number of rotatable bonds is 4. The number of aromatic nitrogens is 1. The lowest BCUT2D eigenvalue weighted by Crippen LogP contribution is -1.99. The van der Waals surface area contributed by atoms with Crippen molar-refractivity contribution in [1.29, 1.82) is 0 Å². The minimum Gasteiger partial charge on any atom is -0.496 e. The number of benzene rings is 1. The fourth-order valence-electron chi connectivity index (χ4n) is 2.06. The first-order chi connectivity index (χ1) is 9.43. The van der Waals surface area contributed by atoms with E-state index in [0.29, 0.717) is 11.3 Å². The van der Waals surface area contributed by atoms with Crippen LogP contribution in [0.15, 0.2) is 22.7 Å². The summed E-state index contributed by atoms with van der Waals surface area (Å²) < 4.78 is 23.8. The Hall–Kier alpha value is -2.37. The number of ether oxygens (including phenoxy) is 1. The molecule has 0 aliphatic rings. The maximum absolute atomic E-state index is 13.7. The van der Waals surface area contributed by atoms with Gasteiger partial charge in [0.2, 0.25) is 0 Å². The van der Waals surface area contributed by atoms with E-state index in [-0.39, 0.29) is 17.4 Å². The Labute approximate surface area is 115 Å². The van der Waals surface area contributed by atoms with Crippen molar-refractivity contribution in [2.75, 3.05) is 7.11 Å². The summed E-state index contributed by atoms with van der Waals surface area (Å²) in [6, 6.07) is 3.83. The smallest absolute Gasteiger partial charge is 0.358 e. The van der Waals surface area contributed by atoms with Gasteiger partial charge in [0.25, 0.3) is 0 Å². The summed E-state index contributed by atoms with van der Waals surface area (Å²) in [6.45, 7) is 3.85. The molecule has 0 unspecified atom stereocenters. The zero-order valence-corrected chi connectivity index (χ0v) is 11.3. The second-order valence-corrected chi connectivity index (χ2v) is 4.61.